The molecule has 1 aliphatic rings. The maximum atomic E-state index is 12.1. The van der Waals surface area contributed by atoms with Crippen molar-refractivity contribution >= 4 is 11.8 Å². The Hall–Kier alpha value is -2.08. The molecule has 1 fully saturated rings. The van der Waals surface area contributed by atoms with Gasteiger partial charge in [-0.1, -0.05) is 18.2 Å². The summed E-state index contributed by atoms with van der Waals surface area (Å²) in [4.78, 5) is 26.0. The Kier molecular flexibility index (Phi) is 5.77. The number of benzene rings is 1. The lowest BCUT2D eigenvalue weighted by Crippen LogP contribution is -2.56. The van der Waals surface area contributed by atoms with Gasteiger partial charge in [-0.15, -0.1) is 0 Å². The molecule has 1 saturated heterocycles. The number of nitrogens with one attached hydrogen (secondary N) is 2. The van der Waals surface area contributed by atoms with Crippen molar-refractivity contribution in [1.29, 1.82) is 0 Å². The Morgan fingerprint density at radius 2 is 2.23 bits per heavy atom. The number of methoxy groups -OCH3 is 1. The van der Waals surface area contributed by atoms with Gasteiger partial charge in [0.05, 0.1) is 19.6 Å². The molecule has 1 aromatic rings. The van der Waals surface area contributed by atoms with Crippen LogP contribution in [0.15, 0.2) is 24.3 Å². The number of amides is 2. The van der Waals surface area contributed by atoms with E-state index in [0.29, 0.717) is 26.2 Å². The van der Waals surface area contributed by atoms with Crippen molar-refractivity contribution < 1.29 is 14.3 Å². The maximum absolute atomic E-state index is 12.1. The van der Waals surface area contributed by atoms with E-state index in [0.717, 1.165) is 11.3 Å². The van der Waals surface area contributed by atoms with E-state index in [1.807, 2.05) is 36.1 Å². The molecule has 6 nitrogen and oxygen atoms in total. The molecule has 22 heavy (non-hydrogen) atoms. The third kappa shape index (κ3) is 3.98. The molecule has 0 aromatic heterocycles. The predicted octanol–water partition coefficient (Wildman–Crippen LogP) is 0.522. The number of hydrogen-bond donors (Lipinski definition) is 2. The minimum absolute atomic E-state index is 0.0904. The molecule has 1 aromatic carbocycles. The minimum Gasteiger partial charge on any atom is -0.496 e. The molecular weight excluding hydrogens is 282 g/mol. The summed E-state index contributed by atoms with van der Waals surface area (Å²) in [5.41, 5.74) is 1.01. The number of piperazine rings is 1. The number of nitrogens with zero attached hydrogens (tertiary/aromatic N) is 1. The number of carbonyl (C=O) groups excluding carboxylic acids is 2. The van der Waals surface area contributed by atoms with E-state index in [9.17, 15) is 9.59 Å². The Labute approximate surface area is 130 Å². The molecule has 0 bridgehead atoms. The van der Waals surface area contributed by atoms with Gasteiger partial charge in [0.2, 0.25) is 11.8 Å². The highest BCUT2D eigenvalue weighted by Crippen LogP contribution is 2.21. The van der Waals surface area contributed by atoms with Crippen molar-refractivity contribution in [2.75, 3.05) is 26.7 Å². The van der Waals surface area contributed by atoms with Crippen LogP contribution in [0.5, 0.6) is 5.75 Å². The first-order valence-corrected chi connectivity index (χ1v) is 7.56. The lowest BCUT2D eigenvalue weighted by atomic mass is 10.1. The zero-order valence-corrected chi connectivity index (χ0v) is 13.1. The molecule has 0 aliphatic carbocycles. The van der Waals surface area contributed by atoms with Gasteiger partial charge in [0.25, 0.3) is 0 Å². The molecule has 0 radical (unpaired) electrons. The van der Waals surface area contributed by atoms with Crippen LogP contribution >= 0.6 is 0 Å². The summed E-state index contributed by atoms with van der Waals surface area (Å²) >= 11 is 0. The van der Waals surface area contributed by atoms with Crippen molar-refractivity contribution in [2.45, 2.75) is 25.9 Å². The Bertz CT molecular complexity index is 533. The van der Waals surface area contributed by atoms with Crippen molar-refractivity contribution in [3.63, 3.8) is 0 Å². The highest BCUT2D eigenvalue weighted by molar-refractivity contribution is 5.88. The molecule has 0 saturated carbocycles. The third-order valence-electron chi connectivity index (χ3n) is 3.76. The van der Waals surface area contributed by atoms with Crippen LogP contribution in [0.25, 0.3) is 0 Å². The second-order valence-electron chi connectivity index (χ2n) is 5.25. The Morgan fingerprint density at radius 3 is 2.95 bits per heavy atom. The summed E-state index contributed by atoms with van der Waals surface area (Å²) in [5, 5.41) is 5.58. The minimum atomic E-state index is -0.440. The molecular formula is C16H23N3O3. The predicted molar refractivity (Wildman–Crippen MR) is 83.5 cm³/mol. The average molecular weight is 305 g/mol. The first kappa shape index (κ1) is 16.3. The summed E-state index contributed by atoms with van der Waals surface area (Å²) in [6.07, 6.45) is 0.175. The molecule has 0 unspecified atom stereocenters. The van der Waals surface area contributed by atoms with Crippen molar-refractivity contribution in [3.8, 4) is 5.75 Å². The second-order valence-corrected chi connectivity index (χ2v) is 5.25. The summed E-state index contributed by atoms with van der Waals surface area (Å²) in [6, 6.07) is 7.30. The van der Waals surface area contributed by atoms with Crippen molar-refractivity contribution in [1.82, 2.24) is 15.5 Å². The molecule has 6 heteroatoms. The molecule has 1 heterocycles. The fourth-order valence-electron chi connectivity index (χ4n) is 2.67. The first-order valence-electron chi connectivity index (χ1n) is 7.56. The number of para-hydroxylation sites is 1. The Balaban J connectivity index is 2.11. The van der Waals surface area contributed by atoms with Gasteiger partial charge in [-0.25, -0.2) is 0 Å². The number of ether oxygens (including phenoxy) is 1. The van der Waals surface area contributed by atoms with Gasteiger partial charge >= 0.3 is 0 Å². The lowest BCUT2D eigenvalue weighted by Gasteiger charge is -2.35. The molecule has 2 rings (SSSR count). The number of carbonyl (C=O) groups is 2. The molecule has 1 atom stereocenters. The maximum Gasteiger partial charge on any atom is 0.237 e. The van der Waals surface area contributed by atoms with Crippen LogP contribution in [0.2, 0.25) is 0 Å². The first-order chi connectivity index (χ1) is 10.7. The van der Waals surface area contributed by atoms with E-state index in [1.165, 1.54) is 0 Å². The van der Waals surface area contributed by atoms with E-state index in [-0.39, 0.29) is 18.2 Å². The van der Waals surface area contributed by atoms with Gasteiger partial charge < -0.3 is 15.4 Å². The van der Waals surface area contributed by atoms with Crippen LogP contribution in [-0.4, -0.2) is 49.5 Å². The Morgan fingerprint density at radius 1 is 1.45 bits per heavy atom. The summed E-state index contributed by atoms with van der Waals surface area (Å²) in [5.74, 6) is 0.604. The summed E-state index contributed by atoms with van der Waals surface area (Å²) < 4.78 is 5.36. The quantitative estimate of drug-likeness (QED) is 0.804. The summed E-state index contributed by atoms with van der Waals surface area (Å²) in [6.45, 7) is 4.33. The van der Waals surface area contributed by atoms with Crippen LogP contribution in [0.3, 0.4) is 0 Å². The molecule has 1 aliphatic heterocycles. The number of rotatable bonds is 6. The number of hydrogen-bond acceptors (Lipinski definition) is 4. The van der Waals surface area contributed by atoms with Crippen LogP contribution in [-0.2, 0) is 16.1 Å². The van der Waals surface area contributed by atoms with Crippen molar-refractivity contribution in [2.24, 2.45) is 0 Å². The molecule has 0 spiro atoms. The van der Waals surface area contributed by atoms with E-state index in [1.54, 1.807) is 7.11 Å². The standard InChI is InChI=1S/C16H23N3O3/c1-3-17-15(20)10-13-16(21)18-8-9-19(13)11-12-6-4-5-7-14(12)22-2/h4-7,13H,3,8-11H2,1-2H3,(H,17,20)(H,18,21)/t13-/m0/s1. The van der Waals surface area contributed by atoms with Gasteiger partial charge in [0.1, 0.15) is 5.75 Å². The highest BCUT2D eigenvalue weighted by Gasteiger charge is 2.31. The monoisotopic (exact) mass is 305 g/mol. The van der Waals surface area contributed by atoms with E-state index >= 15 is 0 Å². The SMILES string of the molecule is CCNC(=O)C[C@H]1C(=O)NCCN1Cc1ccccc1OC. The van der Waals surface area contributed by atoms with Crippen LogP contribution in [0.1, 0.15) is 18.9 Å². The fourth-order valence-corrected chi connectivity index (χ4v) is 2.67. The van der Waals surface area contributed by atoms with Gasteiger partial charge in [-0.05, 0) is 13.0 Å². The topological polar surface area (TPSA) is 70.7 Å². The van der Waals surface area contributed by atoms with Gasteiger partial charge in [-0.2, -0.15) is 0 Å². The van der Waals surface area contributed by atoms with E-state index in [4.69, 9.17) is 4.74 Å². The van der Waals surface area contributed by atoms with Crippen LogP contribution in [0.4, 0.5) is 0 Å². The average Bonchev–Trinajstić information content (AvgIpc) is 2.51. The van der Waals surface area contributed by atoms with E-state index in [2.05, 4.69) is 10.6 Å². The smallest absolute Gasteiger partial charge is 0.237 e. The molecule has 120 valence electrons. The van der Waals surface area contributed by atoms with Gasteiger partial charge in [0, 0.05) is 31.7 Å². The molecule has 2 N–H and O–H groups in total. The van der Waals surface area contributed by atoms with Gasteiger partial charge in [-0.3, -0.25) is 14.5 Å². The van der Waals surface area contributed by atoms with Crippen LogP contribution < -0.4 is 15.4 Å². The zero-order valence-electron chi connectivity index (χ0n) is 13.1. The normalized spacial score (nSPS) is 18.6. The zero-order chi connectivity index (χ0) is 15.9. The second kappa shape index (κ2) is 7.79. The lowest BCUT2D eigenvalue weighted by molar-refractivity contribution is -0.134. The summed E-state index contributed by atoms with van der Waals surface area (Å²) in [7, 11) is 1.63. The molecule has 2 amide bonds. The highest BCUT2D eigenvalue weighted by atomic mass is 16.5. The van der Waals surface area contributed by atoms with Crippen molar-refractivity contribution in [3.05, 3.63) is 29.8 Å². The largest absolute Gasteiger partial charge is 0.496 e. The third-order valence-corrected chi connectivity index (χ3v) is 3.76. The van der Waals surface area contributed by atoms with Crippen LogP contribution in [0, 0.1) is 0 Å². The van der Waals surface area contributed by atoms with Gasteiger partial charge in [0.15, 0.2) is 0 Å². The van der Waals surface area contributed by atoms with E-state index < -0.39 is 6.04 Å². The fraction of sp³-hybridized carbons (Fsp3) is 0.500.